The summed E-state index contributed by atoms with van der Waals surface area (Å²) in [5.41, 5.74) is 4.56. The van der Waals surface area contributed by atoms with Gasteiger partial charge in [-0.1, -0.05) is 6.07 Å². The number of anilines is 1. The Kier molecular flexibility index (Phi) is 7.52. The quantitative estimate of drug-likeness (QED) is 0.442. The second-order valence-corrected chi connectivity index (χ2v) is 8.43. The summed E-state index contributed by atoms with van der Waals surface area (Å²) in [6.07, 6.45) is 9.32. The first-order chi connectivity index (χ1) is 16.1. The van der Waals surface area contributed by atoms with Crippen molar-refractivity contribution >= 4 is 11.7 Å². The lowest BCUT2D eigenvalue weighted by atomic mass is 10.1. The molecule has 0 saturated heterocycles. The summed E-state index contributed by atoms with van der Waals surface area (Å²) in [5.74, 6) is 0.848. The van der Waals surface area contributed by atoms with E-state index in [4.69, 9.17) is 4.74 Å². The highest BCUT2D eigenvalue weighted by Crippen LogP contribution is 2.30. The van der Waals surface area contributed by atoms with Crippen LogP contribution in [0, 0.1) is 0 Å². The van der Waals surface area contributed by atoms with Crippen LogP contribution in [-0.4, -0.2) is 59.6 Å². The second-order valence-electron chi connectivity index (χ2n) is 8.43. The molecule has 2 amide bonds. The van der Waals surface area contributed by atoms with Crippen molar-refractivity contribution in [3.8, 4) is 5.75 Å². The van der Waals surface area contributed by atoms with Gasteiger partial charge in [-0.25, -0.2) is 4.79 Å². The molecule has 3 heterocycles. The number of pyridine rings is 2. The monoisotopic (exact) mass is 445 g/mol. The number of urea groups is 1. The summed E-state index contributed by atoms with van der Waals surface area (Å²) < 4.78 is 6.06. The predicted octanol–water partition coefficient (Wildman–Crippen LogP) is 3.99. The van der Waals surface area contributed by atoms with Crippen LogP contribution in [0.25, 0.3) is 0 Å². The maximum Gasteiger partial charge on any atom is 0.324 e. The van der Waals surface area contributed by atoms with Gasteiger partial charge < -0.3 is 9.64 Å². The average molecular weight is 446 g/mol. The van der Waals surface area contributed by atoms with Gasteiger partial charge in [-0.15, -0.1) is 0 Å². The van der Waals surface area contributed by atoms with E-state index in [-0.39, 0.29) is 6.03 Å². The van der Waals surface area contributed by atoms with E-state index < -0.39 is 0 Å². The van der Waals surface area contributed by atoms with Crippen LogP contribution in [-0.2, 0) is 19.5 Å². The molecule has 7 nitrogen and oxygen atoms in total. The van der Waals surface area contributed by atoms with Gasteiger partial charge in [-0.05, 0) is 65.9 Å². The number of ether oxygens (including phenoxy) is 1. The minimum absolute atomic E-state index is 0.0109. The molecule has 0 N–H and O–H groups in total. The molecule has 2 aromatic heterocycles. The summed E-state index contributed by atoms with van der Waals surface area (Å²) in [4.78, 5) is 26.3. The fraction of sp³-hybridized carbons (Fsp3) is 0.346. The molecule has 1 aliphatic heterocycles. The molecule has 7 heteroatoms. The van der Waals surface area contributed by atoms with Gasteiger partial charge in [-0.3, -0.25) is 19.8 Å². The third-order valence-corrected chi connectivity index (χ3v) is 5.92. The first-order valence-corrected chi connectivity index (χ1v) is 11.3. The highest BCUT2D eigenvalue weighted by molar-refractivity contribution is 5.94. The van der Waals surface area contributed by atoms with Crippen LogP contribution < -0.4 is 9.64 Å². The maximum atomic E-state index is 12.1. The predicted molar refractivity (Wildman–Crippen MR) is 129 cm³/mol. The zero-order valence-electron chi connectivity index (χ0n) is 19.4. The van der Waals surface area contributed by atoms with Crippen molar-refractivity contribution in [1.82, 2.24) is 19.8 Å². The average Bonchev–Trinajstić information content (AvgIpc) is 2.84. The van der Waals surface area contributed by atoms with Crippen LogP contribution in [0.3, 0.4) is 0 Å². The minimum atomic E-state index is 0.0109. The molecule has 0 atom stereocenters. The smallest absolute Gasteiger partial charge is 0.324 e. The van der Waals surface area contributed by atoms with Crippen molar-refractivity contribution in [2.45, 2.75) is 25.9 Å². The highest BCUT2D eigenvalue weighted by Gasteiger charge is 2.25. The molecule has 1 aliphatic rings. The van der Waals surface area contributed by atoms with Gasteiger partial charge >= 0.3 is 6.03 Å². The number of amides is 2. The molecule has 1 aromatic carbocycles. The van der Waals surface area contributed by atoms with E-state index in [1.165, 1.54) is 11.1 Å². The summed E-state index contributed by atoms with van der Waals surface area (Å²) in [5, 5.41) is 0. The zero-order chi connectivity index (χ0) is 23.0. The molecular weight excluding hydrogens is 414 g/mol. The normalized spacial score (nSPS) is 13.4. The van der Waals surface area contributed by atoms with E-state index in [0.29, 0.717) is 13.2 Å². The molecule has 0 unspecified atom stereocenters. The number of aromatic nitrogens is 2. The fourth-order valence-electron chi connectivity index (χ4n) is 4.12. The van der Waals surface area contributed by atoms with Gasteiger partial charge in [0.1, 0.15) is 5.75 Å². The van der Waals surface area contributed by atoms with Crippen LogP contribution in [0.4, 0.5) is 10.5 Å². The Morgan fingerprint density at radius 2 is 1.85 bits per heavy atom. The van der Waals surface area contributed by atoms with Crippen LogP contribution in [0.5, 0.6) is 5.75 Å². The standard InChI is InChI=1S/C26H31N5O2/c1-29-20-23-17-24(6-7-25(23)30(2)26(29)32)33-16-4-14-31(19-22-8-12-27-13-9-22)15-10-21-5-3-11-28-18-21/h3,5-9,11-13,17-18H,4,10,14-16,19-20H2,1-2H3. The van der Waals surface area contributed by atoms with Crippen LogP contribution in [0.2, 0.25) is 0 Å². The highest BCUT2D eigenvalue weighted by atomic mass is 16.5. The summed E-state index contributed by atoms with van der Waals surface area (Å²) >= 11 is 0. The van der Waals surface area contributed by atoms with Gasteiger partial charge in [0.2, 0.25) is 0 Å². The van der Waals surface area contributed by atoms with E-state index in [2.05, 4.69) is 33.1 Å². The Bertz CT molecular complexity index is 1050. The summed E-state index contributed by atoms with van der Waals surface area (Å²) in [6.45, 7) is 4.02. The molecule has 33 heavy (non-hydrogen) atoms. The number of rotatable bonds is 10. The number of fused-ring (bicyclic) bond motifs is 1. The molecule has 0 spiro atoms. The number of carbonyl (C=O) groups excluding carboxylic acids is 1. The molecule has 4 rings (SSSR count). The second kappa shape index (κ2) is 10.9. The maximum absolute atomic E-state index is 12.1. The van der Waals surface area contributed by atoms with Crippen LogP contribution in [0.15, 0.2) is 67.3 Å². The third kappa shape index (κ3) is 6.08. The molecule has 0 aliphatic carbocycles. The van der Waals surface area contributed by atoms with Crippen molar-refractivity contribution < 1.29 is 9.53 Å². The lowest BCUT2D eigenvalue weighted by Gasteiger charge is -2.32. The van der Waals surface area contributed by atoms with Crippen LogP contribution in [0.1, 0.15) is 23.1 Å². The van der Waals surface area contributed by atoms with E-state index in [1.807, 2.05) is 56.1 Å². The molecular formula is C26H31N5O2. The SMILES string of the molecule is CN1Cc2cc(OCCCN(CCc3cccnc3)Cc3ccncc3)ccc2N(C)C1=O. The van der Waals surface area contributed by atoms with Crippen molar-refractivity contribution in [1.29, 1.82) is 0 Å². The molecule has 0 fully saturated rings. The molecule has 0 radical (unpaired) electrons. The Morgan fingerprint density at radius 3 is 2.64 bits per heavy atom. The molecule has 3 aromatic rings. The Balaban J connectivity index is 1.31. The summed E-state index contributed by atoms with van der Waals surface area (Å²) in [6, 6.07) is 14.2. The van der Waals surface area contributed by atoms with Gasteiger partial charge in [0, 0.05) is 65.1 Å². The number of benzene rings is 1. The largest absolute Gasteiger partial charge is 0.494 e. The Hall–Kier alpha value is -3.45. The Labute approximate surface area is 195 Å². The molecule has 0 saturated carbocycles. The minimum Gasteiger partial charge on any atom is -0.494 e. The lowest BCUT2D eigenvalue weighted by molar-refractivity contribution is 0.211. The van der Waals surface area contributed by atoms with Crippen molar-refractivity contribution in [2.24, 2.45) is 0 Å². The summed E-state index contributed by atoms with van der Waals surface area (Å²) in [7, 11) is 3.62. The topological polar surface area (TPSA) is 61.8 Å². The third-order valence-electron chi connectivity index (χ3n) is 5.92. The zero-order valence-corrected chi connectivity index (χ0v) is 19.4. The van der Waals surface area contributed by atoms with Gasteiger partial charge in [-0.2, -0.15) is 0 Å². The van der Waals surface area contributed by atoms with Gasteiger partial charge in [0.25, 0.3) is 0 Å². The number of hydrogen-bond donors (Lipinski definition) is 0. The lowest BCUT2D eigenvalue weighted by Crippen LogP contribution is -2.42. The van der Waals surface area contributed by atoms with Crippen LogP contribution >= 0.6 is 0 Å². The van der Waals surface area contributed by atoms with E-state index in [0.717, 1.165) is 49.5 Å². The number of hydrogen-bond acceptors (Lipinski definition) is 5. The van der Waals surface area contributed by atoms with Crippen molar-refractivity contribution in [3.05, 3.63) is 83.9 Å². The first kappa shape index (κ1) is 22.7. The first-order valence-electron chi connectivity index (χ1n) is 11.3. The van der Waals surface area contributed by atoms with E-state index in [1.54, 1.807) is 16.8 Å². The van der Waals surface area contributed by atoms with E-state index >= 15 is 0 Å². The Morgan fingerprint density at radius 1 is 1.00 bits per heavy atom. The molecule has 0 bridgehead atoms. The fourth-order valence-corrected chi connectivity index (χ4v) is 4.12. The van der Waals surface area contributed by atoms with Crippen molar-refractivity contribution in [2.75, 3.05) is 38.7 Å². The van der Waals surface area contributed by atoms with Gasteiger partial charge in [0.05, 0.1) is 12.3 Å². The molecule has 172 valence electrons. The van der Waals surface area contributed by atoms with E-state index in [9.17, 15) is 4.79 Å². The number of nitrogens with zero attached hydrogens (tertiary/aromatic N) is 5. The number of carbonyl (C=O) groups is 1. The van der Waals surface area contributed by atoms with Crippen molar-refractivity contribution in [3.63, 3.8) is 0 Å². The van der Waals surface area contributed by atoms with Gasteiger partial charge in [0.15, 0.2) is 0 Å².